The van der Waals surface area contributed by atoms with Crippen molar-refractivity contribution >= 4 is 17.7 Å². The van der Waals surface area contributed by atoms with Gasteiger partial charge >= 0.3 is 0 Å². The van der Waals surface area contributed by atoms with E-state index >= 15 is 0 Å². The maximum Gasteiger partial charge on any atom is 0.231 e. The van der Waals surface area contributed by atoms with Gasteiger partial charge in [-0.3, -0.25) is 4.79 Å². The summed E-state index contributed by atoms with van der Waals surface area (Å²) >= 11 is 1.51. The minimum absolute atomic E-state index is 0.0283. The average Bonchev–Trinajstić information content (AvgIpc) is 2.23. The van der Waals surface area contributed by atoms with Crippen molar-refractivity contribution in [3.63, 3.8) is 0 Å². The van der Waals surface area contributed by atoms with Crippen LogP contribution in [0.1, 0.15) is 5.56 Å². The molecule has 0 spiro atoms. The molecular formula is C12H13NOS. The number of carbonyl (C=O) groups excluding carboxylic acids is 1. The van der Waals surface area contributed by atoms with Crippen LogP contribution in [0.5, 0.6) is 0 Å². The van der Waals surface area contributed by atoms with Gasteiger partial charge in [0.25, 0.3) is 0 Å². The first kappa shape index (κ1) is 11.7. The summed E-state index contributed by atoms with van der Waals surface area (Å²) in [6, 6.07) is 8.06. The SMILES string of the molecule is C#CCNC(=O)CSc1cccc(C)c1. The number of benzene rings is 1. The number of hydrogen-bond donors (Lipinski definition) is 1. The molecule has 3 heteroatoms. The van der Waals surface area contributed by atoms with Gasteiger partial charge < -0.3 is 5.32 Å². The molecule has 0 radical (unpaired) electrons. The van der Waals surface area contributed by atoms with E-state index in [1.807, 2.05) is 25.1 Å². The Morgan fingerprint density at radius 3 is 3.07 bits per heavy atom. The molecule has 0 fully saturated rings. The van der Waals surface area contributed by atoms with Gasteiger partial charge in [-0.05, 0) is 19.1 Å². The van der Waals surface area contributed by atoms with Crippen LogP contribution in [0.25, 0.3) is 0 Å². The van der Waals surface area contributed by atoms with Crippen molar-refractivity contribution in [2.24, 2.45) is 0 Å². The highest BCUT2D eigenvalue weighted by atomic mass is 32.2. The predicted octanol–water partition coefficient (Wildman–Crippen LogP) is 1.84. The summed E-state index contributed by atoms with van der Waals surface area (Å²) in [6.07, 6.45) is 5.03. The minimum atomic E-state index is -0.0283. The second kappa shape index (κ2) is 6.15. The van der Waals surface area contributed by atoms with Crippen molar-refractivity contribution in [3.05, 3.63) is 29.8 Å². The van der Waals surface area contributed by atoms with Crippen LogP contribution in [-0.4, -0.2) is 18.2 Å². The van der Waals surface area contributed by atoms with Crippen molar-refractivity contribution in [2.75, 3.05) is 12.3 Å². The highest BCUT2D eigenvalue weighted by Gasteiger charge is 2.01. The van der Waals surface area contributed by atoms with Crippen LogP contribution < -0.4 is 5.32 Å². The van der Waals surface area contributed by atoms with Gasteiger partial charge in [0.2, 0.25) is 5.91 Å². The summed E-state index contributed by atoms with van der Waals surface area (Å²) in [7, 11) is 0. The van der Waals surface area contributed by atoms with Crippen LogP contribution in [0.2, 0.25) is 0 Å². The Morgan fingerprint density at radius 2 is 2.40 bits per heavy atom. The van der Waals surface area contributed by atoms with E-state index < -0.39 is 0 Å². The largest absolute Gasteiger partial charge is 0.344 e. The normalized spacial score (nSPS) is 9.33. The van der Waals surface area contributed by atoms with Gasteiger partial charge in [0.1, 0.15) is 0 Å². The number of hydrogen-bond acceptors (Lipinski definition) is 2. The van der Waals surface area contributed by atoms with E-state index in [9.17, 15) is 4.79 Å². The quantitative estimate of drug-likeness (QED) is 0.618. The standard InChI is InChI=1S/C12H13NOS/c1-3-7-13-12(14)9-15-11-6-4-5-10(2)8-11/h1,4-6,8H,7,9H2,2H3,(H,13,14). The van der Waals surface area contributed by atoms with Gasteiger partial charge in [-0.25, -0.2) is 0 Å². The molecule has 78 valence electrons. The minimum Gasteiger partial charge on any atom is -0.344 e. The molecule has 1 aromatic rings. The molecule has 0 atom stereocenters. The molecular weight excluding hydrogens is 206 g/mol. The summed E-state index contributed by atoms with van der Waals surface area (Å²) in [4.78, 5) is 12.3. The molecule has 0 aliphatic heterocycles. The monoisotopic (exact) mass is 219 g/mol. The van der Waals surface area contributed by atoms with Gasteiger partial charge in [-0.15, -0.1) is 18.2 Å². The van der Waals surface area contributed by atoms with E-state index in [0.717, 1.165) is 4.90 Å². The maximum atomic E-state index is 11.2. The van der Waals surface area contributed by atoms with Crippen LogP contribution >= 0.6 is 11.8 Å². The average molecular weight is 219 g/mol. The Hall–Kier alpha value is -1.40. The van der Waals surface area contributed by atoms with E-state index in [-0.39, 0.29) is 5.91 Å². The molecule has 0 aliphatic rings. The van der Waals surface area contributed by atoms with Crippen LogP contribution in [0.15, 0.2) is 29.2 Å². The highest BCUT2D eigenvalue weighted by Crippen LogP contribution is 2.18. The molecule has 0 saturated heterocycles. The summed E-state index contributed by atoms with van der Waals surface area (Å²) in [6.45, 7) is 2.33. The third-order valence-corrected chi connectivity index (χ3v) is 2.74. The zero-order valence-corrected chi connectivity index (χ0v) is 9.43. The Balaban J connectivity index is 2.37. The first-order valence-corrected chi connectivity index (χ1v) is 5.60. The fourth-order valence-electron chi connectivity index (χ4n) is 1.05. The van der Waals surface area contributed by atoms with Crippen LogP contribution in [-0.2, 0) is 4.79 Å². The first-order valence-electron chi connectivity index (χ1n) is 4.62. The lowest BCUT2D eigenvalue weighted by atomic mass is 10.2. The second-order valence-electron chi connectivity index (χ2n) is 3.09. The summed E-state index contributed by atoms with van der Waals surface area (Å²) in [5, 5.41) is 2.62. The third-order valence-electron chi connectivity index (χ3n) is 1.75. The molecule has 0 aromatic heterocycles. The fourth-order valence-corrected chi connectivity index (χ4v) is 1.90. The maximum absolute atomic E-state index is 11.2. The van der Waals surface area contributed by atoms with E-state index in [1.54, 1.807) is 0 Å². The lowest BCUT2D eigenvalue weighted by Crippen LogP contribution is -2.25. The Bertz CT molecular complexity index is 381. The number of terminal acetylenes is 1. The van der Waals surface area contributed by atoms with Gasteiger partial charge in [0.05, 0.1) is 12.3 Å². The predicted molar refractivity (Wildman–Crippen MR) is 63.7 cm³/mol. The second-order valence-corrected chi connectivity index (χ2v) is 4.13. The van der Waals surface area contributed by atoms with Gasteiger partial charge in [0, 0.05) is 4.90 Å². The summed E-state index contributed by atoms with van der Waals surface area (Å²) < 4.78 is 0. The summed E-state index contributed by atoms with van der Waals surface area (Å²) in [5.41, 5.74) is 1.20. The number of nitrogens with one attached hydrogen (secondary N) is 1. The molecule has 0 bridgehead atoms. The molecule has 2 nitrogen and oxygen atoms in total. The molecule has 0 aliphatic carbocycles. The van der Waals surface area contributed by atoms with Crippen molar-refractivity contribution in [1.82, 2.24) is 5.32 Å². The van der Waals surface area contributed by atoms with Gasteiger partial charge in [0.15, 0.2) is 0 Å². The lowest BCUT2D eigenvalue weighted by molar-refractivity contribution is -0.118. The molecule has 0 saturated carbocycles. The van der Waals surface area contributed by atoms with E-state index in [1.165, 1.54) is 17.3 Å². The van der Waals surface area contributed by atoms with Crippen LogP contribution in [0.4, 0.5) is 0 Å². The fraction of sp³-hybridized carbons (Fsp3) is 0.250. The molecule has 0 unspecified atom stereocenters. The Morgan fingerprint density at radius 1 is 1.60 bits per heavy atom. The molecule has 1 N–H and O–H groups in total. The van der Waals surface area contributed by atoms with Crippen molar-refractivity contribution in [2.45, 2.75) is 11.8 Å². The smallest absolute Gasteiger partial charge is 0.231 e. The van der Waals surface area contributed by atoms with Gasteiger partial charge in [-0.1, -0.05) is 23.6 Å². The lowest BCUT2D eigenvalue weighted by Gasteiger charge is -2.02. The van der Waals surface area contributed by atoms with Crippen molar-refractivity contribution < 1.29 is 4.79 Å². The van der Waals surface area contributed by atoms with Crippen molar-refractivity contribution in [1.29, 1.82) is 0 Å². The highest BCUT2D eigenvalue weighted by molar-refractivity contribution is 8.00. The number of amides is 1. The van der Waals surface area contributed by atoms with E-state index in [2.05, 4.69) is 17.3 Å². The van der Waals surface area contributed by atoms with E-state index in [4.69, 9.17) is 6.42 Å². The molecule has 1 rings (SSSR count). The van der Waals surface area contributed by atoms with Crippen LogP contribution in [0, 0.1) is 19.3 Å². The molecule has 1 amide bonds. The topological polar surface area (TPSA) is 29.1 Å². The number of rotatable bonds is 4. The zero-order chi connectivity index (χ0) is 11.1. The zero-order valence-electron chi connectivity index (χ0n) is 8.62. The number of aryl methyl sites for hydroxylation is 1. The Kier molecular flexibility index (Phi) is 4.79. The number of carbonyl (C=O) groups is 1. The molecule has 15 heavy (non-hydrogen) atoms. The molecule has 0 heterocycles. The first-order chi connectivity index (χ1) is 7.22. The number of thioether (sulfide) groups is 1. The van der Waals surface area contributed by atoms with Crippen molar-refractivity contribution in [3.8, 4) is 12.3 Å². The third kappa shape index (κ3) is 4.57. The molecule has 1 aromatic carbocycles. The van der Waals surface area contributed by atoms with Gasteiger partial charge in [-0.2, -0.15) is 0 Å². The Labute approximate surface area is 94.5 Å². The van der Waals surface area contributed by atoms with Crippen LogP contribution in [0.3, 0.4) is 0 Å². The van der Waals surface area contributed by atoms with E-state index in [0.29, 0.717) is 12.3 Å². The summed E-state index contributed by atoms with van der Waals surface area (Å²) in [5.74, 6) is 2.74.